The Morgan fingerprint density at radius 1 is 1.23 bits per heavy atom. The van der Waals surface area contributed by atoms with Gasteiger partial charge in [-0.1, -0.05) is 6.07 Å². The zero-order valence-corrected chi connectivity index (χ0v) is 17.4. The fourth-order valence-electron chi connectivity index (χ4n) is 3.71. The number of benzene rings is 1. The number of aliphatic hydroxyl groups excluding tert-OH is 1. The minimum absolute atomic E-state index is 0.00680. The maximum absolute atomic E-state index is 13.0. The molecule has 1 aromatic heterocycles. The third-order valence-corrected chi connectivity index (χ3v) is 5.15. The van der Waals surface area contributed by atoms with E-state index in [-0.39, 0.29) is 24.2 Å². The van der Waals surface area contributed by atoms with Crippen LogP contribution in [-0.4, -0.2) is 52.7 Å². The lowest BCUT2D eigenvalue weighted by molar-refractivity contribution is -0.140. The van der Waals surface area contributed by atoms with Crippen molar-refractivity contribution in [3.63, 3.8) is 0 Å². The number of aromatic nitrogens is 1. The molecule has 1 saturated heterocycles. The number of hydrogen-bond donors (Lipinski definition) is 1. The molecule has 0 aliphatic carbocycles. The van der Waals surface area contributed by atoms with Gasteiger partial charge in [0.25, 0.3) is 11.7 Å². The van der Waals surface area contributed by atoms with Gasteiger partial charge in [-0.25, -0.2) is 0 Å². The average Bonchev–Trinajstić information content (AvgIpc) is 3.34. The lowest BCUT2D eigenvalue weighted by atomic mass is 9.98. The summed E-state index contributed by atoms with van der Waals surface area (Å²) in [5.74, 6) is -0.645. The van der Waals surface area contributed by atoms with E-state index in [4.69, 9.17) is 14.2 Å². The highest BCUT2D eigenvalue weighted by Gasteiger charge is 2.46. The number of amides is 1. The number of carbonyl (C=O) groups excluding carboxylic acids is 2. The monoisotopic (exact) mass is 424 g/mol. The SMILES string of the molecule is CC(C)OCCCN1C(=O)C(=O)/C(=C(\O)c2ccc3c(c2)OCO3)C1c1ccccn1. The fourth-order valence-corrected chi connectivity index (χ4v) is 3.71. The normalized spacial score (nSPS) is 19.5. The van der Waals surface area contributed by atoms with Crippen molar-refractivity contribution in [3.05, 3.63) is 59.4 Å². The molecule has 8 nitrogen and oxygen atoms in total. The van der Waals surface area contributed by atoms with Crippen LogP contribution >= 0.6 is 0 Å². The van der Waals surface area contributed by atoms with Crippen molar-refractivity contribution >= 4 is 17.4 Å². The Bertz CT molecular complexity index is 1020. The van der Waals surface area contributed by atoms with Crippen LogP contribution in [0.25, 0.3) is 5.76 Å². The van der Waals surface area contributed by atoms with Crippen LogP contribution in [0.1, 0.15) is 37.6 Å². The van der Waals surface area contributed by atoms with Gasteiger partial charge >= 0.3 is 0 Å². The highest BCUT2D eigenvalue weighted by atomic mass is 16.7. The van der Waals surface area contributed by atoms with Crippen molar-refractivity contribution in [2.24, 2.45) is 0 Å². The zero-order valence-electron chi connectivity index (χ0n) is 17.4. The van der Waals surface area contributed by atoms with E-state index in [0.29, 0.717) is 42.3 Å². The van der Waals surface area contributed by atoms with E-state index >= 15 is 0 Å². The number of pyridine rings is 1. The van der Waals surface area contributed by atoms with Crippen LogP contribution < -0.4 is 9.47 Å². The Hall–Kier alpha value is -3.39. The number of aliphatic hydroxyl groups is 1. The summed E-state index contributed by atoms with van der Waals surface area (Å²) in [4.78, 5) is 31.6. The van der Waals surface area contributed by atoms with Crippen LogP contribution in [-0.2, 0) is 14.3 Å². The Balaban J connectivity index is 1.72. The summed E-state index contributed by atoms with van der Waals surface area (Å²) in [5, 5.41) is 11.1. The molecule has 2 aliphatic rings. The van der Waals surface area contributed by atoms with E-state index in [0.717, 1.165) is 0 Å². The van der Waals surface area contributed by atoms with Crippen LogP contribution in [0.15, 0.2) is 48.2 Å². The van der Waals surface area contributed by atoms with E-state index in [1.165, 1.54) is 4.90 Å². The number of ether oxygens (including phenoxy) is 3. The molecule has 0 bridgehead atoms. The lowest BCUT2D eigenvalue weighted by Gasteiger charge is -2.24. The molecule has 1 aromatic carbocycles. The van der Waals surface area contributed by atoms with Crippen LogP contribution in [0.4, 0.5) is 0 Å². The number of hydrogen-bond acceptors (Lipinski definition) is 7. The zero-order chi connectivity index (χ0) is 22.0. The molecular formula is C23H24N2O6. The van der Waals surface area contributed by atoms with Crippen molar-refractivity contribution in [2.75, 3.05) is 19.9 Å². The third kappa shape index (κ3) is 4.11. The standard InChI is InChI=1S/C23H24N2O6/c1-14(2)29-11-5-10-25-20(16-6-3-4-9-24-16)19(22(27)23(25)28)21(26)15-7-8-17-18(12-15)31-13-30-17/h3-4,6-9,12,14,20,26H,5,10-11,13H2,1-2H3/b21-19-. The summed E-state index contributed by atoms with van der Waals surface area (Å²) >= 11 is 0. The van der Waals surface area contributed by atoms with Gasteiger partial charge in [0, 0.05) is 24.9 Å². The maximum atomic E-state index is 13.0. The Morgan fingerprint density at radius 3 is 2.77 bits per heavy atom. The van der Waals surface area contributed by atoms with E-state index < -0.39 is 17.7 Å². The van der Waals surface area contributed by atoms with Gasteiger partial charge in [0.15, 0.2) is 11.5 Å². The molecule has 2 aromatic rings. The number of Topliss-reactive ketones (excluding diaryl/α,β-unsaturated/α-hetero) is 1. The molecule has 1 unspecified atom stereocenters. The summed E-state index contributed by atoms with van der Waals surface area (Å²) < 4.78 is 16.2. The van der Waals surface area contributed by atoms with E-state index in [9.17, 15) is 14.7 Å². The summed E-state index contributed by atoms with van der Waals surface area (Å²) in [6.07, 6.45) is 2.23. The number of carbonyl (C=O) groups is 2. The summed E-state index contributed by atoms with van der Waals surface area (Å²) in [5.41, 5.74) is 0.882. The van der Waals surface area contributed by atoms with E-state index in [2.05, 4.69) is 4.98 Å². The van der Waals surface area contributed by atoms with Gasteiger partial charge < -0.3 is 24.2 Å². The summed E-state index contributed by atoms with van der Waals surface area (Å²) in [7, 11) is 0. The van der Waals surface area contributed by atoms with Gasteiger partial charge in [-0.3, -0.25) is 14.6 Å². The molecule has 1 fully saturated rings. The van der Waals surface area contributed by atoms with Crippen molar-refractivity contribution < 1.29 is 28.9 Å². The minimum atomic E-state index is -0.786. The minimum Gasteiger partial charge on any atom is -0.507 e. The topological polar surface area (TPSA) is 98.2 Å². The first-order valence-electron chi connectivity index (χ1n) is 10.2. The Morgan fingerprint density at radius 2 is 2.03 bits per heavy atom. The maximum Gasteiger partial charge on any atom is 0.295 e. The molecule has 0 spiro atoms. The van der Waals surface area contributed by atoms with Gasteiger partial charge in [0.2, 0.25) is 6.79 Å². The third-order valence-electron chi connectivity index (χ3n) is 5.15. The highest BCUT2D eigenvalue weighted by molar-refractivity contribution is 6.46. The second-order valence-corrected chi connectivity index (χ2v) is 7.59. The Labute approximate surface area is 180 Å². The van der Waals surface area contributed by atoms with Crippen LogP contribution in [0.2, 0.25) is 0 Å². The van der Waals surface area contributed by atoms with Crippen LogP contribution in [0.3, 0.4) is 0 Å². The predicted octanol–water partition coefficient (Wildman–Crippen LogP) is 3.05. The first-order chi connectivity index (χ1) is 15.0. The molecule has 8 heteroatoms. The summed E-state index contributed by atoms with van der Waals surface area (Å²) in [6.45, 7) is 4.72. The lowest BCUT2D eigenvalue weighted by Crippen LogP contribution is -2.31. The van der Waals surface area contributed by atoms with Crippen molar-refractivity contribution in [1.82, 2.24) is 9.88 Å². The molecule has 31 heavy (non-hydrogen) atoms. The summed E-state index contributed by atoms with van der Waals surface area (Å²) in [6, 6.07) is 9.37. The largest absolute Gasteiger partial charge is 0.507 e. The second kappa shape index (κ2) is 8.77. The van der Waals surface area contributed by atoms with Gasteiger partial charge in [-0.2, -0.15) is 0 Å². The van der Waals surface area contributed by atoms with Gasteiger partial charge in [-0.15, -0.1) is 0 Å². The Kier molecular flexibility index (Phi) is 5.90. The average molecular weight is 424 g/mol. The molecule has 0 radical (unpaired) electrons. The number of fused-ring (bicyclic) bond motifs is 1. The molecule has 1 N–H and O–H groups in total. The van der Waals surface area contributed by atoms with Gasteiger partial charge in [0.1, 0.15) is 11.8 Å². The first-order valence-corrected chi connectivity index (χ1v) is 10.2. The highest BCUT2D eigenvalue weighted by Crippen LogP contribution is 2.40. The van der Waals surface area contributed by atoms with Crippen molar-refractivity contribution in [1.29, 1.82) is 0 Å². The molecule has 2 aliphatic heterocycles. The van der Waals surface area contributed by atoms with E-state index in [1.807, 2.05) is 13.8 Å². The van der Waals surface area contributed by atoms with Crippen LogP contribution in [0.5, 0.6) is 11.5 Å². The van der Waals surface area contributed by atoms with Crippen molar-refractivity contribution in [2.45, 2.75) is 32.4 Å². The van der Waals surface area contributed by atoms with Gasteiger partial charge in [-0.05, 0) is 50.6 Å². The van der Waals surface area contributed by atoms with Crippen LogP contribution in [0, 0.1) is 0 Å². The number of rotatable bonds is 7. The first kappa shape index (κ1) is 20.9. The molecule has 162 valence electrons. The molecule has 3 heterocycles. The number of likely N-dealkylation sites (tertiary alicyclic amines) is 1. The molecule has 1 amide bonds. The molecular weight excluding hydrogens is 400 g/mol. The smallest absolute Gasteiger partial charge is 0.295 e. The number of nitrogens with zero attached hydrogens (tertiary/aromatic N) is 2. The quantitative estimate of drug-likeness (QED) is 0.316. The molecule has 4 rings (SSSR count). The van der Waals surface area contributed by atoms with E-state index in [1.54, 1.807) is 42.6 Å². The molecule has 1 atom stereocenters. The number of ketones is 1. The second-order valence-electron chi connectivity index (χ2n) is 7.59. The van der Waals surface area contributed by atoms with Crippen molar-refractivity contribution in [3.8, 4) is 11.5 Å². The molecule has 0 saturated carbocycles. The van der Waals surface area contributed by atoms with Gasteiger partial charge in [0.05, 0.1) is 17.4 Å². The predicted molar refractivity (Wildman–Crippen MR) is 112 cm³/mol. The fraction of sp³-hybridized carbons (Fsp3) is 0.348.